The zero-order valence-electron chi connectivity index (χ0n) is 8.71. The van der Waals surface area contributed by atoms with Crippen molar-refractivity contribution in [2.75, 3.05) is 19.6 Å². The van der Waals surface area contributed by atoms with Crippen molar-refractivity contribution >= 4 is 0 Å². The van der Waals surface area contributed by atoms with Crippen LogP contribution in [0.25, 0.3) is 0 Å². The first-order valence-corrected chi connectivity index (χ1v) is 5.17. The van der Waals surface area contributed by atoms with E-state index < -0.39 is 0 Å². The summed E-state index contributed by atoms with van der Waals surface area (Å²) in [6, 6.07) is 0.823. The smallest absolute Gasteiger partial charge is 0.0658 e. The van der Waals surface area contributed by atoms with Gasteiger partial charge in [-0.15, -0.1) is 6.42 Å². The molecule has 0 aromatic heterocycles. The highest BCUT2D eigenvalue weighted by molar-refractivity contribution is 4.96. The molecule has 0 radical (unpaired) electrons. The second-order valence-electron chi connectivity index (χ2n) is 3.89. The number of hydrogen-bond donors (Lipinski definition) is 1. The van der Waals surface area contributed by atoms with Gasteiger partial charge >= 0.3 is 0 Å². The van der Waals surface area contributed by atoms with E-state index in [4.69, 9.17) is 6.42 Å². The van der Waals surface area contributed by atoms with Crippen LogP contribution < -0.4 is 5.32 Å². The Kier molecular flexibility index (Phi) is 4.27. The Balaban J connectivity index is 2.17. The lowest BCUT2D eigenvalue weighted by molar-refractivity contribution is 0.250. The molecule has 1 aliphatic heterocycles. The first-order valence-electron chi connectivity index (χ1n) is 5.17. The van der Waals surface area contributed by atoms with Crippen LogP contribution in [0.1, 0.15) is 26.7 Å². The fraction of sp³-hybridized carbons (Fsp3) is 0.818. The molecule has 0 aromatic rings. The van der Waals surface area contributed by atoms with Crippen molar-refractivity contribution in [3.05, 3.63) is 0 Å². The number of rotatable bonds is 4. The topological polar surface area (TPSA) is 15.3 Å². The van der Waals surface area contributed by atoms with Gasteiger partial charge in [0.1, 0.15) is 0 Å². The van der Waals surface area contributed by atoms with Gasteiger partial charge in [0.05, 0.1) is 6.04 Å². The SMILES string of the molecule is C#CC(C)NCC(C)N1CCCC1. The molecule has 1 saturated heterocycles. The third-order valence-corrected chi connectivity index (χ3v) is 2.73. The van der Waals surface area contributed by atoms with Crippen LogP contribution in [0, 0.1) is 12.3 Å². The lowest BCUT2D eigenvalue weighted by Crippen LogP contribution is -2.41. The third-order valence-electron chi connectivity index (χ3n) is 2.73. The minimum Gasteiger partial charge on any atom is -0.302 e. The van der Waals surface area contributed by atoms with Crippen molar-refractivity contribution in [2.24, 2.45) is 0 Å². The van der Waals surface area contributed by atoms with E-state index in [0.717, 1.165) is 6.54 Å². The maximum Gasteiger partial charge on any atom is 0.0658 e. The average molecular weight is 180 g/mol. The van der Waals surface area contributed by atoms with Gasteiger partial charge in [-0.2, -0.15) is 0 Å². The zero-order chi connectivity index (χ0) is 9.68. The summed E-state index contributed by atoms with van der Waals surface area (Å²) in [5, 5.41) is 3.33. The van der Waals surface area contributed by atoms with Crippen LogP contribution in [0.4, 0.5) is 0 Å². The number of hydrogen-bond acceptors (Lipinski definition) is 2. The van der Waals surface area contributed by atoms with Crippen LogP contribution in [0.3, 0.4) is 0 Å². The van der Waals surface area contributed by atoms with Crippen LogP contribution in [0.2, 0.25) is 0 Å². The molecule has 2 unspecified atom stereocenters. The fourth-order valence-corrected chi connectivity index (χ4v) is 1.72. The lowest BCUT2D eigenvalue weighted by atomic mass is 10.2. The van der Waals surface area contributed by atoms with E-state index in [9.17, 15) is 0 Å². The zero-order valence-corrected chi connectivity index (χ0v) is 8.71. The highest BCUT2D eigenvalue weighted by atomic mass is 15.2. The van der Waals surface area contributed by atoms with E-state index in [1.165, 1.54) is 25.9 Å². The fourth-order valence-electron chi connectivity index (χ4n) is 1.72. The van der Waals surface area contributed by atoms with E-state index >= 15 is 0 Å². The summed E-state index contributed by atoms with van der Waals surface area (Å²) < 4.78 is 0. The summed E-state index contributed by atoms with van der Waals surface area (Å²) in [7, 11) is 0. The van der Waals surface area contributed by atoms with Gasteiger partial charge in [0, 0.05) is 12.6 Å². The van der Waals surface area contributed by atoms with Crippen LogP contribution >= 0.6 is 0 Å². The molecule has 1 aliphatic rings. The van der Waals surface area contributed by atoms with E-state index in [0.29, 0.717) is 6.04 Å². The van der Waals surface area contributed by atoms with E-state index in [1.54, 1.807) is 0 Å². The Morgan fingerprint density at radius 2 is 2.00 bits per heavy atom. The normalized spacial score (nSPS) is 22.5. The van der Waals surface area contributed by atoms with Crippen molar-refractivity contribution in [1.82, 2.24) is 10.2 Å². The van der Waals surface area contributed by atoms with Crippen LogP contribution in [0.5, 0.6) is 0 Å². The van der Waals surface area contributed by atoms with Gasteiger partial charge in [0.2, 0.25) is 0 Å². The molecular formula is C11H20N2. The molecule has 0 aromatic carbocycles. The third kappa shape index (κ3) is 3.38. The maximum absolute atomic E-state index is 5.29. The molecule has 74 valence electrons. The molecule has 0 spiro atoms. The molecule has 0 aliphatic carbocycles. The highest BCUT2D eigenvalue weighted by Crippen LogP contribution is 2.10. The van der Waals surface area contributed by atoms with Gasteiger partial charge in [0.25, 0.3) is 0 Å². The van der Waals surface area contributed by atoms with Crippen molar-refractivity contribution in [2.45, 2.75) is 38.8 Å². The molecule has 0 bridgehead atoms. The Morgan fingerprint density at radius 1 is 1.38 bits per heavy atom. The van der Waals surface area contributed by atoms with Gasteiger partial charge in [0.15, 0.2) is 0 Å². The minimum atomic E-state index is 0.199. The second-order valence-corrected chi connectivity index (χ2v) is 3.89. The molecule has 13 heavy (non-hydrogen) atoms. The summed E-state index contributed by atoms with van der Waals surface area (Å²) in [5.41, 5.74) is 0. The predicted molar refractivity (Wildman–Crippen MR) is 56.6 cm³/mol. The first kappa shape index (κ1) is 10.6. The van der Waals surface area contributed by atoms with Gasteiger partial charge < -0.3 is 5.32 Å². The van der Waals surface area contributed by atoms with Crippen LogP contribution in [-0.4, -0.2) is 36.6 Å². The largest absolute Gasteiger partial charge is 0.302 e. The van der Waals surface area contributed by atoms with E-state index in [2.05, 4.69) is 23.1 Å². The minimum absolute atomic E-state index is 0.199. The average Bonchev–Trinajstić information content (AvgIpc) is 2.66. The monoisotopic (exact) mass is 180 g/mol. The Bertz CT molecular complexity index is 177. The predicted octanol–water partition coefficient (Wildman–Crippen LogP) is 1.08. The Labute approximate surface area is 81.7 Å². The number of nitrogens with zero attached hydrogens (tertiary/aromatic N) is 1. The van der Waals surface area contributed by atoms with Crippen molar-refractivity contribution in [1.29, 1.82) is 0 Å². The molecule has 0 saturated carbocycles. The van der Waals surface area contributed by atoms with Gasteiger partial charge in [-0.1, -0.05) is 5.92 Å². The molecule has 2 heteroatoms. The van der Waals surface area contributed by atoms with Crippen LogP contribution in [0.15, 0.2) is 0 Å². The molecule has 1 rings (SSSR count). The van der Waals surface area contributed by atoms with Crippen molar-refractivity contribution in [3.63, 3.8) is 0 Å². The molecule has 1 fully saturated rings. The van der Waals surface area contributed by atoms with Gasteiger partial charge in [-0.05, 0) is 39.8 Å². The summed E-state index contributed by atoms with van der Waals surface area (Å²) >= 11 is 0. The number of likely N-dealkylation sites (tertiary alicyclic amines) is 1. The quantitative estimate of drug-likeness (QED) is 0.651. The molecule has 1 heterocycles. The first-order chi connectivity index (χ1) is 6.24. The molecule has 2 atom stereocenters. The number of nitrogens with one attached hydrogen (secondary N) is 1. The van der Waals surface area contributed by atoms with Crippen LogP contribution in [-0.2, 0) is 0 Å². The maximum atomic E-state index is 5.29. The summed E-state index contributed by atoms with van der Waals surface area (Å²) in [6.07, 6.45) is 8.00. The summed E-state index contributed by atoms with van der Waals surface area (Å²) in [4.78, 5) is 2.52. The van der Waals surface area contributed by atoms with Gasteiger partial charge in [-0.25, -0.2) is 0 Å². The standard InChI is InChI=1S/C11H20N2/c1-4-10(2)12-9-11(3)13-7-5-6-8-13/h1,10-12H,5-9H2,2-3H3. The van der Waals surface area contributed by atoms with E-state index in [-0.39, 0.29) is 6.04 Å². The van der Waals surface area contributed by atoms with Crippen molar-refractivity contribution in [3.8, 4) is 12.3 Å². The van der Waals surface area contributed by atoms with E-state index in [1.807, 2.05) is 6.92 Å². The van der Waals surface area contributed by atoms with Gasteiger partial charge in [-0.3, -0.25) is 4.90 Å². The molecular weight excluding hydrogens is 160 g/mol. The summed E-state index contributed by atoms with van der Waals surface area (Å²) in [5.74, 6) is 2.68. The lowest BCUT2D eigenvalue weighted by Gasteiger charge is -2.24. The second kappa shape index (κ2) is 5.26. The highest BCUT2D eigenvalue weighted by Gasteiger charge is 2.17. The van der Waals surface area contributed by atoms with Crippen molar-refractivity contribution < 1.29 is 0 Å². The molecule has 0 amide bonds. The molecule has 2 nitrogen and oxygen atoms in total. The number of terminal acetylenes is 1. The Morgan fingerprint density at radius 3 is 2.54 bits per heavy atom. The summed E-state index contributed by atoms with van der Waals surface area (Å²) in [6.45, 7) is 7.81. The molecule has 1 N–H and O–H groups in total. The Hall–Kier alpha value is -0.520.